The van der Waals surface area contributed by atoms with Crippen LogP contribution in [0.25, 0.3) is 6.08 Å². The predicted molar refractivity (Wildman–Crippen MR) is 51.1 cm³/mol. The summed E-state index contributed by atoms with van der Waals surface area (Å²) in [5.74, 6) is -0.149. The van der Waals surface area contributed by atoms with Crippen LogP contribution in [-0.4, -0.2) is 12.1 Å². The molecule has 0 spiro atoms. The molecule has 1 aromatic rings. The van der Waals surface area contributed by atoms with Gasteiger partial charge in [0.25, 0.3) is 5.91 Å². The van der Waals surface area contributed by atoms with Crippen molar-refractivity contribution in [2.75, 3.05) is 0 Å². The highest BCUT2D eigenvalue weighted by molar-refractivity contribution is 6.18. The summed E-state index contributed by atoms with van der Waals surface area (Å²) in [6.45, 7) is 0. The van der Waals surface area contributed by atoms with E-state index in [-0.39, 0.29) is 5.91 Å². The van der Waals surface area contributed by atoms with Gasteiger partial charge >= 0.3 is 0 Å². The van der Waals surface area contributed by atoms with Crippen LogP contribution in [0.4, 0.5) is 0 Å². The van der Waals surface area contributed by atoms with Gasteiger partial charge in [0.05, 0.1) is 11.8 Å². The number of carbonyl (C=O) groups is 1. The number of amides is 1. The molecule has 0 aliphatic carbocycles. The first kappa shape index (κ1) is 7.73. The minimum atomic E-state index is -0.149. The van der Waals surface area contributed by atoms with Crippen molar-refractivity contribution in [2.24, 2.45) is 5.10 Å². The normalized spacial score (nSPS) is 17.8. The largest absolute Gasteiger partial charge is 0.273 e. The highest BCUT2D eigenvalue weighted by atomic mass is 16.2. The molecule has 0 saturated heterocycles. The van der Waals surface area contributed by atoms with Crippen LogP contribution in [0, 0.1) is 0 Å². The van der Waals surface area contributed by atoms with E-state index in [1.807, 2.05) is 30.3 Å². The van der Waals surface area contributed by atoms with E-state index in [2.05, 4.69) is 10.5 Å². The molecule has 3 nitrogen and oxygen atoms in total. The molecule has 1 amide bonds. The van der Waals surface area contributed by atoms with Crippen LogP contribution < -0.4 is 5.43 Å². The first-order valence-corrected chi connectivity index (χ1v) is 3.96. The topological polar surface area (TPSA) is 41.5 Å². The molecule has 0 fully saturated rings. The lowest BCUT2D eigenvalue weighted by Crippen LogP contribution is -2.11. The zero-order chi connectivity index (χ0) is 9.10. The number of nitrogens with one attached hydrogen (secondary N) is 1. The smallest absolute Gasteiger partial charge is 0.267 e. The maximum atomic E-state index is 11.1. The lowest BCUT2D eigenvalue weighted by atomic mass is 10.1. The summed E-state index contributed by atoms with van der Waals surface area (Å²) in [4.78, 5) is 11.1. The third kappa shape index (κ3) is 1.64. The SMILES string of the molecule is O=C1NN=CC1=Cc1ccccc1. The van der Waals surface area contributed by atoms with Gasteiger partial charge in [0.2, 0.25) is 0 Å². The molecule has 1 N–H and O–H groups in total. The molecule has 2 rings (SSSR count). The van der Waals surface area contributed by atoms with Gasteiger partial charge in [-0.2, -0.15) is 5.10 Å². The van der Waals surface area contributed by atoms with Gasteiger partial charge in [0.1, 0.15) is 0 Å². The Kier molecular flexibility index (Phi) is 1.92. The predicted octanol–water partition coefficient (Wildman–Crippen LogP) is 1.19. The molecule has 1 aliphatic rings. The van der Waals surface area contributed by atoms with Gasteiger partial charge in [-0.25, -0.2) is 5.43 Å². The first-order valence-electron chi connectivity index (χ1n) is 3.96. The Bertz CT molecular complexity index is 379. The number of hydrazone groups is 1. The summed E-state index contributed by atoms with van der Waals surface area (Å²) in [5.41, 5.74) is 3.94. The van der Waals surface area contributed by atoms with E-state index in [1.165, 1.54) is 6.21 Å². The summed E-state index contributed by atoms with van der Waals surface area (Å²) in [7, 11) is 0. The molecule has 1 heterocycles. The van der Waals surface area contributed by atoms with Crippen molar-refractivity contribution >= 4 is 18.2 Å². The Morgan fingerprint density at radius 3 is 2.62 bits per heavy atom. The van der Waals surface area contributed by atoms with Crippen molar-refractivity contribution in [3.63, 3.8) is 0 Å². The van der Waals surface area contributed by atoms with Gasteiger partial charge in [-0.1, -0.05) is 30.3 Å². The maximum Gasteiger partial charge on any atom is 0.273 e. The average Bonchev–Trinajstić information content (AvgIpc) is 2.54. The van der Waals surface area contributed by atoms with Gasteiger partial charge in [0, 0.05) is 0 Å². The molecule has 64 valence electrons. The van der Waals surface area contributed by atoms with Crippen molar-refractivity contribution in [2.45, 2.75) is 0 Å². The summed E-state index contributed by atoms with van der Waals surface area (Å²) in [6.07, 6.45) is 3.32. The summed E-state index contributed by atoms with van der Waals surface area (Å²) < 4.78 is 0. The van der Waals surface area contributed by atoms with Crippen molar-refractivity contribution in [1.29, 1.82) is 0 Å². The standard InChI is InChI=1S/C10H8N2O/c13-10-9(7-11-12-10)6-8-4-2-1-3-5-8/h1-7H,(H,12,13). The van der Waals surface area contributed by atoms with Crippen LogP contribution in [0.2, 0.25) is 0 Å². The Labute approximate surface area is 75.8 Å². The fraction of sp³-hybridized carbons (Fsp3) is 0. The molecule has 0 saturated carbocycles. The number of hydrogen-bond acceptors (Lipinski definition) is 2. The van der Waals surface area contributed by atoms with Crippen molar-refractivity contribution in [3.8, 4) is 0 Å². The molecule has 0 aromatic heterocycles. The Morgan fingerprint density at radius 1 is 1.23 bits per heavy atom. The third-order valence-electron chi connectivity index (χ3n) is 1.75. The molecule has 1 aromatic carbocycles. The van der Waals surface area contributed by atoms with E-state index in [0.29, 0.717) is 5.57 Å². The molecule has 0 atom stereocenters. The zero-order valence-electron chi connectivity index (χ0n) is 6.90. The van der Waals surface area contributed by atoms with Crippen molar-refractivity contribution in [3.05, 3.63) is 41.5 Å². The first-order chi connectivity index (χ1) is 6.36. The van der Waals surface area contributed by atoms with Crippen LogP contribution in [0.15, 0.2) is 41.0 Å². The van der Waals surface area contributed by atoms with E-state index in [0.717, 1.165) is 5.56 Å². The van der Waals surface area contributed by atoms with E-state index in [9.17, 15) is 4.79 Å². The quantitative estimate of drug-likeness (QED) is 0.635. The molecule has 1 aliphatic heterocycles. The Balaban J connectivity index is 2.30. The Hall–Kier alpha value is -1.90. The zero-order valence-corrected chi connectivity index (χ0v) is 6.90. The summed E-state index contributed by atoms with van der Waals surface area (Å²) >= 11 is 0. The van der Waals surface area contributed by atoms with Crippen molar-refractivity contribution in [1.82, 2.24) is 5.43 Å². The lowest BCUT2D eigenvalue weighted by molar-refractivity contribution is -0.116. The van der Waals surface area contributed by atoms with Gasteiger partial charge < -0.3 is 0 Å². The lowest BCUT2D eigenvalue weighted by Gasteiger charge is -1.92. The molecule has 0 bridgehead atoms. The second kappa shape index (κ2) is 3.23. The number of rotatable bonds is 1. The van der Waals surface area contributed by atoms with Crippen LogP contribution in [-0.2, 0) is 4.79 Å². The summed E-state index contributed by atoms with van der Waals surface area (Å²) in [5, 5.41) is 3.65. The van der Waals surface area contributed by atoms with Crippen LogP contribution in [0.5, 0.6) is 0 Å². The van der Waals surface area contributed by atoms with Crippen molar-refractivity contribution < 1.29 is 4.79 Å². The number of hydrogen-bond donors (Lipinski definition) is 1. The van der Waals surface area contributed by atoms with E-state index in [4.69, 9.17) is 0 Å². The second-order valence-electron chi connectivity index (χ2n) is 2.71. The fourth-order valence-electron chi connectivity index (χ4n) is 1.12. The van der Waals surface area contributed by atoms with Crippen LogP contribution in [0.1, 0.15) is 5.56 Å². The molecule has 13 heavy (non-hydrogen) atoms. The van der Waals surface area contributed by atoms with Gasteiger partial charge in [-0.3, -0.25) is 4.79 Å². The summed E-state index contributed by atoms with van der Waals surface area (Å²) in [6, 6.07) is 9.66. The monoisotopic (exact) mass is 172 g/mol. The molecule has 0 radical (unpaired) electrons. The molecule has 0 unspecified atom stereocenters. The minimum Gasteiger partial charge on any atom is -0.267 e. The van der Waals surface area contributed by atoms with Crippen LogP contribution >= 0.6 is 0 Å². The second-order valence-corrected chi connectivity index (χ2v) is 2.71. The highest BCUT2D eigenvalue weighted by Crippen LogP contribution is 2.07. The van der Waals surface area contributed by atoms with E-state index in [1.54, 1.807) is 6.08 Å². The van der Waals surface area contributed by atoms with Gasteiger partial charge in [-0.15, -0.1) is 0 Å². The Morgan fingerprint density at radius 2 is 2.00 bits per heavy atom. The van der Waals surface area contributed by atoms with Gasteiger partial charge in [0.15, 0.2) is 0 Å². The molecular weight excluding hydrogens is 164 g/mol. The van der Waals surface area contributed by atoms with E-state index < -0.39 is 0 Å². The number of benzene rings is 1. The van der Waals surface area contributed by atoms with E-state index >= 15 is 0 Å². The number of carbonyl (C=O) groups excluding carboxylic acids is 1. The number of nitrogens with zero attached hydrogens (tertiary/aromatic N) is 1. The third-order valence-corrected chi connectivity index (χ3v) is 1.75. The minimum absolute atomic E-state index is 0.149. The molecule has 3 heteroatoms. The van der Waals surface area contributed by atoms with Crippen LogP contribution in [0.3, 0.4) is 0 Å². The average molecular weight is 172 g/mol. The maximum absolute atomic E-state index is 11.1. The highest BCUT2D eigenvalue weighted by Gasteiger charge is 2.10. The fourth-order valence-corrected chi connectivity index (χ4v) is 1.12. The molecular formula is C10H8N2O. The van der Waals surface area contributed by atoms with Gasteiger partial charge in [-0.05, 0) is 11.6 Å².